The summed E-state index contributed by atoms with van der Waals surface area (Å²) in [7, 11) is 0. The van der Waals surface area contributed by atoms with E-state index >= 15 is 0 Å². The SMILES string of the molecule is Cc1cc(C)cc(C(C)(O)c2ccc(F)cn2)c1. The van der Waals surface area contributed by atoms with Crippen LogP contribution < -0.4 is 0 Å². The molecule has 0 amide bonds. The number of halogens is 1. The number of hydrogen-bond acceptors (Lipinski definition) is 2. The number of nitrogens with zero attached hydrogens (tertiary/aromatic N) is 1. The van der Waals surface area contributed by atoms with Crippen LogP contribution >= 0.6 is 0 Å². The third-order valence-electron chi connectivity index (χ3n) is 3.01. The second kappa shape index (κ2) is 4.50. The number of pyridine rings is 1. The molecule has 2 aromatic rings. The van der Waals surface area contributed by atoms with Crippen LogP contribution in [-0.4, -0.2) is 10.1 Å². The van der Waals surface area contributed by atoms with Crippen molar-refractivity contribution < 1.29 is 9.50 Å². The van der Waals surface area contributed by atoms with Gasteiger partial charge in [-0.2, -0.15) is 0 Å². The standard InChI is InChI=1S/C15H16FNO/c1-10-6-11(2)8-12(7-10)15(3,18)14-5-4-13(16)9-17-14/h4-9,18H,1-3H3. The van der Waals surface area contributed by atoms with Gasteiger partial charge in [0.2, 0.25) is 0 Å². The van der Waals surface area contributed by atoms with Crippen molar-refractivity contribution in [2.24, 2.45) is 0 Å². The Balaban J connectivity index is 2.49. The molecular weight excluding hydrogens is 229 g/mol. The van der Waals surface area contributed by atoms with Crippen molar-refractivity contribution in [1.29, 1.82) is 0 Å². The van der Waals surface area contributed by atoms with Crippen molar-refractivity contribution in [3.63, 3.8) is 0 Å². The second-order valence-corrected chi connectivity index (χ2v) is 4.81. The maximum atomic E-state index is 12.9. The van der Waals surface area contributed by atoms with Gasteiger partial charge in [0.15, 0.2) is 0 Å². The summed E-state index contributed by atoms with van der Waals surface area (Å²) < 4.78 is 12.9. The van der Waals surface area contributed by atoms with E-state index in [1.165, 1.54) is 12.1 Å². The number of rotatable bonds is 2. The Bertz CT molecular complexity index is 541. The van der Waals surface area contributed by atoms with Gasteiger partial charge in [-0.1, -0.05) is 29.3 Å². The molecule has 2 nitrogen and oxygen atoms in total. The van der Waals surface area contributed by atoms with Crippen LogP contribution in [0.4, 0.5) is 4.39 Å². The monoisotopic (exact) mass is 245 g/mol. The Morgan fingerprint density at radius 3 is 2.22 bits per heavy atom. The molecule has 18 heavy (non-hydrogen) atoms. The van der Waals surface area contributed by atoms with Gasteiger partial charge in [-0.05, 0) is 38.5 Å². The molecule has 0 saturated heterocycles. The van der Waals surface area contributed by atoms with Crippen LogP contribution in [0.15, 0.2) is 36.5 Å². The summed E-state index contributed by atoms with van der Waals surface area (Å²) in [5.74, 6) is -0.407. The van der Waals surface area contributed by atoms with Gasteiger partial charge in [-0.3, -0.25) is 4.98 Å². The van der Waals surface area contributed by atoms with Gasteiger partial charge in [0.25, 0.3) is 0 Å². The van der Waals surface area contributed by atoms with Crippen LogP contribution in [-0.2, 0) is 5.60 Å². The van der Waals surface area contributed by atoms with Crippen molar-refractivity contribution in [1.82, 2.24) is 4.98 Å². The van der Waals surface area contributed by atoms with Gasteiger partial charge in [0.1, 0.15) is 11.4 Å². The highest BCUT2D eigenvalue weighted by Gasteiger charge is 2.27. The van der Waals surface area contributed by atoms with E-state index in [0.717, 1.165) is 22.9 Å². The summed E-state index contributed by atoms with van der Waals surface area (Å²) in [5, 5.41) is 10.6. The lowest BCUT2D eigenvalue weighted by Gasteiger charge is -2.24. The Labute approximate surface area is 106 Å². The molecule has 1 heterocycles. The molecule has 0 fully saturated rings. The topological polar surface area (TPSA) is 33.1 Å². The van der Waals surface area contributed by atoms with Gasteiger partial charge in [-0.25, -0.2) is 4.39 Å². The summed E-state index contributed by atoms with van der Waals surface area (Å²) in [6, 6.07) is 8.68. The zero-order valence-corrected chi connectivity index (χ0v) is 10.7. The summed E-state index contributed by atoms with van der Waals surface area (Å²) in [5.41, 5.74) is 2.14. The maximum absolute atomic E-state index is 12.9. The minimum atomic E-state index is -1.22. The highest BCUT2D eigenvalue weighted by atomic mass is 19.1. The Morgan fingerprint density at radius 1 is 1.11 bits per heavy atom. The molecule has 1 aromatic carbocycles. The first-order valence-electron chi connectivity index (χ1n) is 5.83. The quantitative estimate of drug-likeness (QED) is 0.882. The Hall–Kier alpha value is -1.74. The molecule has 0 aliphatic carbocycles. The van der Waals surface area contributed by atoms with Crippen LogP contribution in [0.1, 0.15) is 29.3 Å². The average molecular weight is 245 g/mol. The zero-order valence-electron chi connectivity index (χ0n) is 10.7. The lowest BCUT2D eigenvalue weighted by Crippen LogP contribution is -2.24. The van der Waals surface area contributed by atoms with E-state index in [1.807, 2.05) is 32.0 Å². The van der Waals surface area contributed by atoms with Crippen LogP contribution in [0.25, 0.3) is 0 Å². The predicted molar refractivity (Wildman–Crippen MR) is 68.8 cm³/mol. The maximum Gasteiger partial charge on any atom is 0.141 e. The summed E-state index contributed by atoms with van der Waals surface area (Å²) in [6.45, 7) is 5.62. The summed E-state index contributed by atoms with van der Waals surface area (Å²) in [4.78, 5) is 3.96. The lowest BCUT2D eigenvalue weighted by molar-refractivity contribution is 0.0971. The minimum Gasteiger partial charge on any atom is -0.379 e. The molecule has 0 radical (unpaired) electrons. The van der Waals surface area contributed by atoms with Crippen LogP contribution in [0.3, 0.4) is 0 Å². The molecule has 0 saturated carbocycles. The predicted octanol–water partition coefficient (Wildman–Crippen LogP) is 3.09. The van der Waals surface area contributed by atoms with E-state index in [4.69, 9.17) is 0 Å². The van der Waals surface area contributed by atoms with E-state index in [-0.39, 0.29) is 0 Å². The Kier molecular flexibility index (Phi) is 3.18. The van der Waals surface area contributed by atoms with Crippen molar-refractivity contribution in [3.05, 3.63) is 64.7 Å². The molecule has 2 rings (SSSR count). The first-order chi connectivity index (χ1) is 8.39. The van der Waals surface area contributed by atoms with E-state index in [1.54, 1.807) is 6.92 Å². The third-order valence-corrected chi connectivity index (χ3v) is 3.01. The molecule has 0 aliphatic rings. The number of hydrogen-bond donors (Lipinski definition) is 1. The van der Waals surface area contributed by atoms with Crippen LogP contribution in [0.5, 0.6) is 0 Å². The average Bonchev–Trinajstić information content (AvgIpc) is 2.28. The molecule has 1 atom stereocenters. The molecule has 3 heteroatoms. The lowest BCUT2D eigenvalue weighted by atomic mass is 9.90. The van der Waals surface area contributed by atoms with Gasteiger partial charge < -0.3 is 5.11 Å². The van der Waals surface area contributed by atoms with E-state index in [9.17, 15) is 9.50 Å². The fraction of sp³-hybridized carbons (Fsp3) is 0.267. The van der Waals surface area contributed by atoms with Crippen molar-refractivity contribution in [2.45, 2.75) is 26.4 Å². The molecule has 1 unspecified atom stereocenters. The number of aryl methyl sites for hydroxylation is 2. The summed E-state index contributed by atoms with van der Waals surface area (Å²) in [6.07, 6.45) is 1.12. The van der Waals surface area contributed by atoms with Crippen LogP contribution in [0.2, 0.25) is 0 Å². The van der Waals surface area contributed by atoms with Crippen molar-refractivity contribution >= 4 is 0 Å². The second-order valence-electron chi connectivity index (χ2n) is 4.81. The van der Waals surface area contributed by atoms with E-state index in [0.29, 0.717) is 5.69 Å². The molecule has 1 aromatic heterocycles. The molecule has 0 aliphatic heterocycles. The normalized spacial score (nSPS) is 14.3. The van der Waals surface area contributed by atoms with Crippen molar-refractivity contribution in [3.8, 4) is 0 Å². The fourth-order valence-electron chi connectivity index (χ4n) is 2.07. The number of benzene rings is 1. The molecular formula is C15H16FNO. The smallest absolute Gasteiger partial charge is 0.141 e. The summed E-state index contributed by atoms with van der Waals surface area (Å²) >= 11 is 0. The van der Waals surface area contributed by atoms with Gasteiger partial charge in [-0.15, -0.1) is 0 Å². The largest absolute Gasteiger partial charge is 0.379 e. The highest BCUT2D eigenvalue weighted by molar-refractivity contribution is 5.37. The first-order valence-corrected chi connectivity index (χ1v) is 5.83. The molecule has 1 N–H and O–H groups in total. The number of aliphatic hydroxyl groups is 1. The van der Waals surface area contributed by atoms with Crippen LogP contribution in [0, 0.1) is 19.7 Å². The van der Waals surface area contributed by atoms with Gasteiger partial charge in [0.05, 0.1) is 11.9 Å². The Morgan fingerprint density at radius 2 is 1.72 bits per heavy atom. The zero-order chi connectivity index (χ0) is 13.3. The molecule has 0 spiro atoms. The minimum absolute atomic E-state index is 0.407. The van der Waals surface area contributed by atoms with E-state index in [2.05, 4.69) is 4.98 Å². The fourth-order valence-corrected chi connectivity index (χ4v) is 2.07. The highest BCUT2D eigenvalue weighted by Crippen LogP contribution is 2.29. The molecule has 94 valence electrons. The van der Waals surface area contributed by atoms with E-state index < -0.39 is 11.4 Å². The number of aromatic nitrogens is 1. The first kappa shape index (κ1) is 12.7. The third kappa shape index (κ3) is 2.41. The van der Waals surface area contributed by atoms with Crippen molar-refractivity contribution in [2.75, 3.05) is 0 Å². The van der Waals surface area contributed by atoms with Gasteiger partial charge in [0, 0.05) is 0 Å². The van der Waals surface area contributed by atoms with Gasteiger partial charge >= 0.3 is 0 Å². The molecule has 0 bridgehead atoms.